The minimum absolute atomic E-state index is 0.327. The van der Waals surface area contributed by atoms with Crippen molar-refractivity contribution in [1.82, 2.24) is 9.78 Å². The smallest absolute Gasteiger partial charge is 0.258 e. The van der Waals surface area contributed by atoms with Gasteiger partial charge in [-0.15, -0.1) is 0 Å². The molecule has 1 aromatic heterocycles. The third kappa shape index (κ3) is 3.10. The van der Waals surface area contributed by atoms with Gasteiger partial charge in [0, 0.05) is 13.1 Å². The van der Waals surface area contributed by atoms with Crippen molar-refractivity contribution in [3.8, 4) is 0 Å². The third-order valence-corrected chi connectivity index (χ3v) is 3.85. The number of hydrogen-bond acceptors (Lipinski definition) is 1. The van der Waals surface area contributed by atoms with Crippen LogP contribution in [0, 0.1) is 16.3 Å². The van der Waals surface area contributed by atoms with E-state index in [0.717, 1.165) is 10.5 Å². The SMILES string of the molecule is Cc1nn(C(c2ccc(F)cc2)C(C)(F)F)cc1I. The van der Waals surface area contributed by atoms with Crippen molar-refractivity contribution in [3.05, 3.63) is 51.1 Å². The van der Waals surface area contributed by atoms with E-state index in [2.05, 4.69) is 5.10 Å². The summed E-state index contributed by atoms with van der Waals surface area (Å²) in [4.78, 5) is 0. The number of benzene rings is 1. The van der Waals surface area contributed by atoms with Gasteiger partial charge < -0.3 is 0 Å². The summed E-state index contributed by atoms with van der Waals surface area (Å²) >= 11 is 2.04. The lowest BCUT2D eigenvalue weighted by Crippen LogP contribution is -2.29. The highest BCUT2D eigenvalue weighted by molar-refractivity contribution is 14.1. The van der Waals surface area contributed by atoms with E-state index < -0.39 is 17.8 Å². The Morgan fingerprint density at radius 2 is 1.84 bits per heavy atom. The maximum atomic E-state index is 13.8. The van der Waals surface area contributed by atoms with Crippen LogP contribution in [0.2, 0.25) is 0 Å². The van der Waals surface area contributed by atoms with Gasteiger partial charge in [0.1, 0.15) is 11.9 Å². The molecule has 0 saturated heterocycles. The molecule has 0 N–H and O–H groups in total. The fraction of sp³-hybridized carbons (Fsp3) is 0.308. The topological polar surface area (TPSA) is 17.8 Å². The Morgan fingerprint density at radius 1 is 1.26 bits per heavy atom. The molecule has 0 bridgehead atoms. The summed E-state index contributed by atoms with van der Waals surface area (Å²) in [5, 5.41) is 4.11. The van der Waals surface area contributed by atoms with Crippen molar-refractivity contribution in [1.29, 1.82) is 0 Å². The van der Waals surface area contributed by atoms with Crippen molar-refractivity contribution in [3.63, 3.8) is 0 Å². The Morgan fingerprint density at radius 3 is 2.26 bits per heavy atom. The summed E-state index contributed by atoms with van der Waals surface area (Å²) in [6.07, 6.45) is 1.57. The highest BCUT2D eigenvalue weighted by atomic mass is 127. The number of halogens is 4. The summed E-state index contributed by atoms with van der Waals surface area (Å²) in [5.41, 5.74) is 1.02. The third-order valence-electron chi connectivity index (χ3n) is 2.79. The predicted octanol–water partition coefficient (Wildman–Crippen LogP) is 4.18. The van der Waals surface area contributed by atoms with Crippen molar-refractivity contribution in [2.45, 2.75) is 25.8 Å². The van der Waals surface area contributed by atoms with Crippen LogP contribution in [0.25, 0.3) is 0 Å². The molecule has 0 amide bonds. The number of aromatic nitrogens is 2. The molecule has 2 aromatic rings. The van der Waals surface area contributed by atoms with Gasteiger partial charge in [-0.1, -0.05) is 12.1 Å². The lowest BCUT2D eigenvalue weighted by atomic mass is 10.0. The predicted molar refractivity (Wildman–Crippen MR) is 74.8 cm³/mol. The van der Waals surface area contributed by atoms with Crippen LogP contribution in [0.15, 0.2) is 30.5 Å². The van der Waals surface area contributed by atoms with Crippen molar-refractivity contribution < 1.29 is 13.2 Å². The summed E-state index contributed by atoms with van der Waals surface area (Å²) in [6.45, 7) is 2.60. The first-order valence-electron chi connectivity index (χ1n) is 5.63. The molecule has 6 heteroatoms. The molecule has 0 fully saturated rings. The van der Waals surface area contributed by atoms with Crippen LogP contribution in [0.1, 0.15) is 24.2 Å². The standard InChI is InChI=1S/C13H12F3IN2/c1-8-11(17)7-19(18-8)12(13(2,15)16)9-3-5-10(14)6-4-9/h3-7,12H,1-2H3. The molecule has 2 nitrogen and oxygen atoms in total. The first-order valence-corrected chi connectivity index (χ1v) is 6.71. The molecule has 1 unspecified atom stereocenters. The van der Waals surface area contributed by atoms with E-state index in [1.165, 1.54) is 28.9 Å². The average molecular weight is 380 g/mol. The minimum atomic E-state index is -3.00. The van der Waals surface area contributed by atoms with Crippen LogP contribution in [0.3, 0.4) is 0 Å². The van der Waals surface area contributed by atoms with Crippen LogP contribution in [-0.4, -0.2) is 15.7 Å². The molecule has 1 atom stereocenters. The number of nitrogens with zero attached hydrogens (tertiary/aromatic N) is 2. The van der Waals surface area contributed by atoms with Gasteiger partial charge in [-0.25, -0.2) is 13.2 Å². The monoisotopic (exact) mass is 380 g/mol. The van der Waals surface area contributed by atoms with Gasteiger partial charge in [-0.3, -0.25) is 4.68 Å². The molecule has 1 heterocycles. The fourth-order valence-electron chi connectivity index (χ4n) is 1.91. The largest absolute Gasteiger partial charge is 0.271 e. The molecule has 0 saturated carbocycles. The van der Waals surface area contributed by atoms with E-state index in [9.17, 15) is 13.2 Å². The normalized spacial score (nSPS) is 13.6. The van der Waals surface area contributed by atoms with Crippen molar-refractivity contribution in [2.75, 3.05) is 0 Å². The Hall–Kier alpha value is -1.05. The van der Waals surface area contributed by atoms with Gasteiger partial charge in [0.25, 0.3) is 5.92 Å². The average Bonchev–Trinajstić information content (AvgIpc) is 2.60. The lowest BCUT2D eigenvalue weighted by molar-refractivity contribution is -0.0218. The zero-order valence-electron chi connectivity index (χ0n) is 10.4. The van der Waals surface area contributed by atoms with Crippen LogP contribution < -0.4 is 0 Å². The lowest BCUT2D eigenvalue weighted by Gasteiger charge is -2.24. The van der Waals surface area contributed by atoms with E-state index in [1.54, 1.807) is 13.1 Å². The zero-order valence-corrected chi connectivity index (χ0v) is 12.5. The Kier molecular flexibility index (Phi) is 3.89. The maximum absolute atomic E-state index is 13.8. The van der Waals surface area contributed by atoms with E-state index in [4.69, 9.17) is 0 Å². The molecule has 0 spiro atoms. The van der Waals surface area contributed by atoms with E-state index in [0.29, 0.717) is 11.3 Å². The molecule has 0 aliphatic heterocycles. The number of hydrogen-bond donors (Lipinski definition) is 0. The second kappa shape index (κ2) is 5.15. The van der Waals surface area contributed by atoms with Crippen LogP contribution >= 0.6 is 22.6 Å². The molecule has 0 radical (unpaired) electrons. The van der Waals surface area contributed by atoms with Crippen LogP contribution in [-0.2, 0) is 0 Å². The van der Waals surface area contributed by atoms with Crippen molar-refractivity contribution >= 4 is 22.6 Å². The van der Waals surface area contributed by atoms with E-state index in [1.807, 2.05) is 22.6 Å². The summed E-state index contributed by atoms with van der Waals surface area (Å²) in [5.74, 6) is -3.45. The van der Waals surface area contributed by atoms with Crippen LogP contribution in [0.4, 0.5) is 13.2 Å². The minimum Gasteiger partial charge on any atom is -0.258 e. The van der Waals surface area contributed by atoms with Gasteiger partial charge in [-0.2, -0.15) is 5.10 Å². The van der Waals surface area contributed by atoms with Crippen molar-refractivity contribution in [2.24, 2.45) is 0 Å². The van der Waals surface area contributed by atoms with Gasteiger partial charge in [0.15, 0.2) is 0 Å². The first kappa shape index (κ1) is 14.4. The van der Waals surface area contributed by atoms with Gasteiger partial charge in [0.05, 0.1) is 9.26 Å². The Labute approximate surface area is 122 Å². The second-order valence-corrected chi connectivity index (χ2v) is 5.62. The molecule has 0 aliphatic rings. The van der Waals surface area contributed by atoms with E-state index in [-0.39, 0.29) is 0 Å². The molecule has 0 aliphatic carbocycles. The summed E-state index contributed by atoms with van der Waals surface area (Å²) in [6, 6.07) is 3.84. The van der Waals surface area contributed by atoms with E-state index >= 15 is 0 Å². The number of alkyl halides is 2. The Balaban J connectivity index is 2.50. The summed E-state index contributed by atoms with van der Waals surface area (Å²) in [7, 11) is 0. The number of aryl methyl sites for hydroxylation is 1. The molecule has 102 valence electrons. The molecular weight excluding hydrogens is 368 g/mol. The Bertz CT molecular complexity index is 553. The quantitative estimate of drug-likeness (QED) is 0.731. The molecule has 2 rings (SSSR count). The second-order valence-electron chi connectivity index (χ2n) is 4.45. The van der Waals surface area contributed by atoms with Gasteiger partial charge in [-0.05, 0) is 47.2 Å². The number of rotatable bonds is 3. The highest BCUT2D eigenvalue weighted by Crippen LogP contribution is 2.34. The maximum Gasteiger partial charge on any atom is 0.271 e. The molecule has 1 aromatic carbocycles. The van der Waals surface area contributed by atoms with Crippen LogP contribution in [0.5, 0.6) is 0 Å². The zero-order chi connectivity index (χ0) is 14.2. The van der Waals surface area contributed by atoms with Gasteiger partial charge >= 0.3 is 0 Å². The molecule has 19 heavy (non-hydrogen) atoms. The molecular formula is C13H12F3IN2. The summed E-state index contributed by atoms with van der Waals surface area (Å²) < 4.78 is 42.6. The highest BCUT2D eigenvalue weighted by Gasteiger charge is 2.37. The fourth-order valence-corrected chi connectivity index (χ4v) is 2.31. The first-order chi connectivity index (χ1) is 8.79. The van der Waals surface area contributed by atoms with Gasteiger partial charge in [0.2, 0.25) is 0 Å².